The molecule has 2 rings (SSSR count). The van der Waals surface area contributed by atoms with Crippen LogP contribution in [0.5, 0.6) is 0 Å². The molecular weight excluding hydrogens is 368 g/mol. The molecule has 6 heteroatoms. The highest BCUT2D eigenvalue weighted by Crippen LogP contribution is 2.19. The molecule has 2 aromatic carbocycles. The lowest BCUT2D eigenvalue weighted by molar-refractivity contribution is 0.0508. The quantitative estimate of drug-likeness (QED) is 0.742. The Kier molecular flexibility index (Phi) is 5.37. The van der Waals surface area contributed by atoms with Crippen molar-refractivity contribution in [1.82, 2.24) is 0 Å². The first kappa shape index (κ1) is 16.7. The van der Waals surface area contributed by atoms with Gasteiger partial charge in [0.1, 0.15) is 6.61 Å². The van der Waals surface area contributed by atoms with E-state index >= 15 is 0 Å². The highest BCUT2D eigenvalue weighted by atomic mass is 79.9. The number of hydrogen-bond donors (Lipinski definition) is 0. The van der Waals surface area contributed by atoms with Crippen LogP contribution in [0, 0.1) is 0 Å². The lowest BCUT2D eigenvalue weighted by Gasteiger charge is -2.13. The van der Waals surface area contributed by atoms with Gasteiger partial charge in [-0.3, -0.25) is 0 Å². The predicted molar refractivity (Wildman–Crippen MR) is 87.5 cm³/mol. The van der Waals surface area contributed by atoms with Gasteiger partial charge in [-0.25, -0.2) is 13.2 Å². The summed E-state index contributed by atoms with van der Waals surface area (Å²) >= 11 is 3.26. The molecule has 1 atom stereocenters. The van der Waals surface area contributed by atoms with Crippen LogP contribution in [-0.4, -0.2) is 26.2 Å². The molecule has 0 fully saturated rings. The minimum atomic E-state index is -3.53. The zero-order valence-corrected chi connectivity index (χ0v) is 14.3. The maximum atomic E-state index is 12.4. The summed E-state index contributed by atoms with van der Waals surface area (Å²) < 4.78 is 30.7. The Hall–Kier alpha value is -1.66. The second-order valence-corrected chi connectivity index (χ2v) is 8.06. The standard InChI is InChI=1S/C16H15BrO4S/c1-12(11-21-16(18)13-5-3-2-4-6-13)22(19,20)15-9-7-14(17)8-10-15/h2-10,12H,11H2,1H3. The Labute approximate surface area is 138 Å². The molecule has 0 bridgehead atoms. The van der Waals surface area contributed by atoms with E-state index in [4.69, 9.17) is 4.74 Å². The molecule has 0 radical (unpaired) electrons. The molecule has 0 amide bonds. The monoisotopic (exact) mass is 382 g/mol. The Morgan fingerprint density at radius 3 is 2.27 bits per heavy atom. The van der Waals surface area contributed by atoms with Crippen LogP contribution in [0.4, 0.5) is 0 Å². The maximum Gasteiger partial charge on any atom is 0.338 e. The summed E-state index contributed by atoms with van der Waals surface area (Å²) in [7, 11) is -3.53. The van der Waals surface area contributed by atoms with Gasteiger partial charge in [-0.2, -0.15) is 0 Å². The molecule has 0 aromatic heterocycles. The third-order valence-electron chi connectivity index (χ3n) is 3.13. The molecule has 0 aliphatic carbocycles. The number of hydrogen-bond acceptors (Lipinski definition) is 4. The molecule has 4 nitrogen and oxygen atoms in total. The molecule has 116 valence electrons. The molecule has 0 N–H and O–H groups in total. The number of rotatable bonds is 5. The van der Waals surface area contributed by atoms with Crippen LogP contribution in [-0.2, 0) is 14.6 Å². The second-order valence-electron chi connectivity index (χ2n) is 4.77. The predicted octanol–water partition coefficient (Wildman–Crippen LogP) is 3.47. The van der Waals surface area contributed by atoms with Gasteiger partial charge in [0.15, 0.2) is 9.84 Å². The van der Waals surface area contributed by atoms with Gasteiger partial charge in [-0.05, 0) is 43.3 Å². The van der Waals surface area contributed by atoms with Gasteiger partial charge in [0, 0.05) is 4.47 Å². The van der Waals surface area contributed by atoms with E-state index in [1.165, 1.54) is 19.1 Å². The Balaban J connectivity index is 2.04. The van der Waals surface area contributed by atoms with Crippen molar-refractivity contribution in [3.63, 3.8) is 0 Å². The number of carbonyl (C=O) groups is 1. The molecule has 1 unspecified atom stereocenters. The summed E-state index contributed by atoms with van der Waals surface area (Å²) in [5, 5.41) is -0.818. The third kappa shape index (κ3) is 3.96. The number of esters is 1. The SMILES string of the molecule is CC(COC(=O)c1ccccc1)S(=O)(=O)c1ccc(Br)cc1. The van der Waals surface area contributed by atoms with E-state index in [1.54, 1.807) is 42.5 Å². The highest BCUT2D eigenvalue weighted by molar-refractivity contribution is 9.10. The van der Waals surface area contributed by atoms with Crippen LogP contribution in [0.25, 0.3) is 0 Å². The average molecular weight is 383 g/mol. The smallest absolute Gasteiger partial charge is 0.338 e. The van der Waals surface area contributed by atoms with E-state index < -0.39 is 21.1 Å². The van der Waals surface area contributed by atoms with Gasteiger partial charge in [0.2, 0.25) is 0 Å². The fraction of sp³-hybridized carbons (Fsp3) is 0.188. The molecule has 0 heterocycles. The van der Waals surface area contributed by atoms with Crippen LogP contribution in [0.1, 0.15) is 17.3 Å². The number of sulfone groups is 1. The molecule has 0 spiro atoms. The minimum absolute atomic E-state index is 0.188. The molecule has 0 saturated carbocycles. The number of halogens is 1. The first-order valence-corrected chi connectivity index (χ1v) is 8.97. The van der Waals surface area contributed by atoms with Crippen LogP contribution in [0.3, 0.4) is 0 Å². The van der Waals surface area contributed by atoms with Crippen molar-refractivity contribution in [2.75, 3.05) is 6.61 Å². The fourth-order valence-electron chi connectivity index (χ4n) is 1.80. The van der Waals surface area contributed by atoms with Crippen LogP contribution < -0.4 is 0 Å². The zero-order valence-electron chi connectivity index (χ0n) is 11.9. The zero-order chi connectivity index (χ0) is 16.2. The summed E-state index contributed by atoms with van der Waals surface area (Å²) in [4.78, 5) is 12.0. The lowest BCUT2D eigenvalue weighted by Crippen LogP contribution is -2.25. The van der Waals surface area contributed by atoms with Gasteiger partial charge in [-0.1, -0.05) is 34.1 Å². The van der Waals surface area contributed by atoms with Crippen molar-refractivity contribution >= 4 is 31.7 Å². The van der Waals surface area contributed by atoms with Gasteiger partial charge in [-0.15, -0.1) is 0 Å². The van der Waals surface area contributed by atoms with Crippen molar-refractivity contribution in [2.45, 2.75) is 17.1 Å². The van der Waals surface area contributed by atoms with E-state index in [0.717, 1.165) is 4.47 Å². The molecule has 0 aliphatic rings. The minimum Gasteiger partial charge on any atom is -0.461 e. The first-order valence-electron chi connectivity index (χ1n) is 6.63. The van der Waals surface area contributed by atoms with E-state index in [0.29, 0.717) is 5.56 Å². The molecule has 0 aliphatic heterocycles. The summed E-state index contributed by atoms with van der Waals surface area (Å²) in [5.41, 5.74) is 0.399. The summed E-state index contributed by atoms with van der Waals surface area (Å²) in [6, 6.07) is 14.8. The average Bonchev–Trinajstić information content (AvgIpc) is 2.53. The van der Waals surface area contributed by atoms with Gasteiger partial charge in [0.25, 0.3) is 0 Å². The van der Waals surface area contributed by atoms with Crippen molar-refractivity contribution in [1.29, 1.82) is 0 Å². The van der Waals surface area contributed by atoms with Crippen LogP contribution in [0.15, 0.2) is 64.0 Å². The van der Waals surface area contributed by atoms with Crippen molar-refractivity contribution in [3.05, 3.63) is 64.6 Å². The van der Waals surface area contributed by atoms with Gasteiger partial charge in [0.05, 0.1) is 15.7 Å². The highest BCUT2D eigenvalue weighted by Gasteiger charge is 2.24. The largest absolute Gasteiger partial charge is 0.461 e. The Morgan fingerprint density at radius 2 is 1.68 bits per heavy atom. The first-order chi connectivity index (χ1) is 10.4. The van der Waals surface area contributed by atoms with Gasteiger partial charge >= 0.3 is 5.97 Å². The number of ether oxygens (including phenoxy) is 1. The van der Waals surface area contributed by atoms with E-state index in [9.17, 15) is 13.2 Å². The van der Waals surface area contributed by atoms with Crippen molar-refractivity contribution in [2.24, 2.45) is 0 Å². The maximum absolute atomic E-state index is 12.4. The topological polar surface area (TPSA) is 60.4 Å². The molecule has 2 aromatic rings. The molecule has 0 saturated heterocycles. The molecule has 22 heavy (non-hydrogen) atoms. The van der Waals surface area contributed by atoms with Crippen LogP contribution in [0.2, 0.25) is 0 Å². The third-order valence-corrected chi connectivity index (χ3v) is 5.78. The van der Waals surface area contributed by atoms with Crippen molar-refractivity contribution < 1.29 is 17.9 Å². The van der Waals surface area contributed by atoms with Crippen LogP contribution >= 0.6 is 15.9 Å². The van der Waals surface area contributed by atoms with E-state index in [1.807, 2.05) is 0 Å². The lowest BCUT2D eigenvalue weighted by atomic mass is 10.2. The summed E-state index contributed by atoms with van der Waals surface area (Å²) in [6.07, 6.45) is 0. The summed E-state index contributed by atoms with van der Waals surface area (Å²) in [6.45, 7) is 1.34. The van der Waals surface area contributed by atoms with Gasteiger partial charge < -0.3 is 4.74 Å². The van der Waals surface area contributed by atoms with E-state index in [2.05, 4.69) is 15.9 Å². The second kappa shape index (κ2) is 7.07. The van der Waals surface area contributed by atoms with E-state index in [-0.39, 0.29) is 11.5 Å². The number of benzene rings is 2. The number of carbonyl (C=O) groups excluding carboxylic acids is 1. The fourth-order valence-corrected chi connectivity index (χ4v) is 3.29. The Morgan fingerprint density at radius 1 is 1.09 bits per heavy atom. The summed E-state index contributed by atoms with van der Waals surface area (Å²) in [5.74, 6) is -0.529. The molecular formula is C16H15BrO4S. The Bertz CT molecular complexity index is 739. The van der Waals surface area contributed by atoms with Crippen molar-refractivity contribution in [3.8, 4) is 0 Å². The normalized spacial score (nSPS) is 12.6.